The Balaban J connectivity index is 1.61. The molecule has 22 heavy (non-hydrogen) atoms. The summed E-state index contributed by atoms with van der Waals surface area (Å²) in [7, 11) is 0. The van der Waals surface area contributed by atoms with Gasteiger partial charge in [-0.1, -0.05) is 36.4 Å². The summed E-state index contributed by atoms with van der Waals surface area (Å²) in [6.07, 6.45) is 1.62. The van der Waals surface area contributed by atoms with Crippen LogP contribution in [0.1, 0.15) is 11.1 Å². The van der Waals surface area contributed by atoms with Crippen molar-refractivity contribution in [3.8, 4) is 0 Å². The lowest BCUT2D eigenvalue weighted by Gasteiger charge is -2.21. The maximum absolute atomic E-state index is 12.6. The first-order chi connectivity index (χ1) is 10.8. The Labute approximate surface area is 129 Å². The maximum atomic E-state index is 12.6. The number of benzene rings is 2. The topological polar surface area (TPSA) is 40.6 Å². The van der Waals surface area contributed by atoms with E-state index in [9.17, 15) is 9.59 Å². The van der Waals surface area contributed by atoms with E-state index in [4.69, 9.17) is 0 Å². The van der Waals surface area contributed by atoms with Gasteiger partial charge in [0.25, 0.3) is 0 Å². The van der Waals surface area contributed by atoms with E-state index >= 15 is 0 Å². The third-order valence-electron chi connectivity index (χ3n) is 4.45. The van der Waals surface area contributed by atoms with Gasteiger partial charge < -0.3 is 9.80 Å². The first-order valence-corrected chi connectivity index (χ1v) is 7.55. The molecule has 4 nitrogen and oxygen atoms in total. The zero-order valence-electron chi connectivity index (χ0n) is 12.2. The van der Waals surface area contributed by atoms with Crippen LogP contribution in [0.4, 0.5) is 11.4 Å². The van der Waals surface area contributed by atoms with Gasteiger partial charge in [-0.25, -0.2) is 0 Å². The highest BCUT2D eigenvalue weighted by Gasteiger charge is 2.34. The molecule has 0 saturated heterocycles. The van der Waals surface area contributed by atoms with Gasteiger partial charge >= 0.3 is 11.8 Å². The number of carbonyl (C=O) groups is 2. The fraction of sp³-hybridized carbons (Fsp3) is 0.222. The lowest BCUT2D eigenvalue weighted by Crippen LogP contribution is -2.44. The van der Waals surface area contributed by atoms with Crippen LogP contribution < -0.4 is 9.80 Å². The molecule has 2 aromatic carbocycles. The van der Waals surface area contributed by atoms with Crippen LogP contribution in [-0.2, 0) is 22.4 Å². The lowest BCUT2D eigenvalue weighted by molar-refractivity contribution is -0.135. The lowest BCUT2D eigenvalue weighted by atomic mass is 10.2. The molecule has 0 atom stereocenters. The Morgan fingerprint density at radius 3 is 1.55 bits per heavy atom. The van der Waals surface area contributed by atoms with Crippen LogP contribution in [-0.4, -0.2) is 24.9 Å². The summed E-state index contributed by atoms with van der Waals surface area (Å²) in [5.41, 5.74) is 4.00. The molecule has 0 N–H and O–H groups in total. The predicted molar refractivity (Wildman–Crippen MR) is 85.0 cm³/mol. The molecule has 4 heteroatoms. The summed E-state index contributed by atoms with van der Waals surface area (Å²) in [6, 6.07) is 15.6. The van der Waals surface area contributed by atoms with Crippen molar-refractivity contribution in [1.29, 1.82) is 0 Å². The van der Waals surface area contributed by atoms with E-state index in [1.54, 1.807) is 9.80 Å². The highest BCUT2D eigenvalue weighted by molar-refractivity contribution is 6.45. The highest BCUT2D eigenvalue weighted by Crippen LogP contribution is 2.30. The van der Waals surface area contributed by atoms with Gasteiger partial charge in [0.15, 0.2) is 0 Å². The molecule has 0 saturated carbocycles. The Morgan fingerprint density at radius 2 is 1.09 bits per heavy atom. The van der Waals surface area contributed by atoms with Gasteiger partial charge in [-0.05, 0) is 36.1 Å². The van der Waals surface area contributed by atoms with Gasteiger partial charge in [0.2, 0.25) is 0 Å². The normalized spacial score (nSPS) is 15.6. The quantitative estimate of drug-likeness (QED) is 0.698. The molecule has 0 aromatic heterocycles. The molecule has 0 fully saturated rings. The molecule has 2 heterocycles. The number of amides is 2. The van der Waals surface area contributed by atoms with E-state index in [-0.39, 0.29) is 0 Å². The summed E-state index contributed by atoms with van der Waals surface area (Å²) >= 11 is 0. The van der Waals surface area contributed by atoms with Gasteiger partial charge in [0, 0.05) is 24.5 Å². The van der Waals surface area contributed by atoms with Gasteiger partial charge in [0.1, 0.15) is 0 Å². The minimum absolute atomic E-state index is 0.429. The van der Waals surface area contributed by atoms with Gasteiger partial charge in [-0.3, -0.25) is 9.59 Å². The number of para-hydroxylation sites is 2. The molecule has 110 valence electrons. The Bertz CT molecular complexity index is 704. The van der Waals surface area contributed by atoms with Crippen molar-refractivity contribution in [1.82, 2.24) is 0 Å². The van der Waals surface area contributed by atoms with Crippen molar-refractivity contribution >= 4 is 23.2 Å². The molecule has 0 bridgehead atoms. The van der Waals surface area contributed by atoms with Crippen molar-refractivity contribution in [3.05, 3.63) is 59.7 Å². The summed E-state index contributed by atoms with van der Waals surface area (Å²) in [6.45, 7) is 1.17. The number of anilines is 2. The molecular formula is C18H16N2O2. The first kappa shape index (κ1) is 13.1. The number of nitrogens with zero attached hydrogens (tertiary/aromatic N) is 2. The SMILES string of the molecule is O=C(C(=O)N1CCc2ccccc21)N1CCc2ccccc21. The van der Waals surface area contributed by atoms with Gasteiger partial charge in [-0.2, -0.15) is 0 Å². The van der Waals surface area contributed by atoms with Gasteiger partial charge in [-0.15, -0.1) is 0 Å². The highest BCUT2D eigenvalue weighted by atomic mass is 16.2. The van der Waals surface area contributed by atoms with Crippen LogP contribution in [0.3, 0.4) is 0 Å². The molecule has 2 aromatic rings. The third kappa shape index (κ3) is 1.91. The maximum Gasteiger partial charge on any atom is 0.316 e. The minimum atomic E-state index is -0.429. The van der Waals surface area contributed by atoms with E-state index < -0.39 is 11.8 Å². The van der Waals surface area contributed by atoms with Crippen LogP contribution in [0.15, 0.2) is 48.5 Å². The predicted octanol–water partition coefficient (Wildman–Crippen LogP) is 2.16. The fourth-order valence-corrected chi connectivity index (χ4v) is 3.33. The van der Waals surface area contributed by atoms with Crippen LogP contribution in [0, 0.1) is 0 Å². The Kier molecular flexibility index (Phi) is 2.96. The van der Waals surface area contributed by atoms with Crippen molar-refractivity contribution in [2.24, 2.45) is 0 Å². The second-order valence-electron chi connectivity index (χ2n) is 5.67. The summed E-state index contributed by atoms with van der Waals surface area (Å²) in [5, 5.41) is 0. The van der Waals surface area contributed by atoms with Crippen LogP contribution in [0.25, 0.3) is 0 Å². The molecule has 2 amide bonds. The molecule has 0 unspecified atom stereocenters. The smallest absolute Gasteiger partial charge is 0.304 e. The second-order valence-corrected chi connectivity index (χ2v) is 5.67. The van der Waals surface area contributed by atoms with Crippen molar-refractivity contribution in [2.75, 3.05) is 22.9 Å². The Hall–Kier alpha value is -2.62. The van der Waals surface area contributed by atoms with E-state index in [1.807, 2.05) is 48.5 Å². The Morgan fingerprint density at radius 1 is 0.682 bits per heavy atom. The summed E-state index contributed by atoms with van der Waals surface area (Å²) < 4.78 is 0. The first-order valence-electron chi connectivity index (χ1n) is 7.55. The number of fused-ring (bicyclic) bond motifs is 2. The van der Waals surface area contributed by atoms with E-state index in [1.165, 1.54) is 0 Å². The molecule has 0 radical (unpaired) electrons. The van der Waals surface area contributed by atoms with E-state index in [2.05, 4.69) is 0 Å². The van der Waals surface area contributed by atoms with Crippen LogP contribution in [0.5, 0.6) is 0 Å². The average Bonchev–Trinajstić information content (AvgIpc) is 3.17. The molecule has 0 aliphatic carbocycles. The third-order valence-corrected chi connectivity index (χ3v) is 4.45. The molecule has 0 spiro atoms. The molecule has 2 aliphatic rings. The molecular weight excluding hydrogens is 276 g/mol. The number of hydrogen-bond donors (Lipinski definition) is 0. The van der Waals surface area contributed by atoms with Gasteiger partial charge in [0.05, 0.1) is 0 Å². The average molecular weight is 292 g/mol. The summed E-state index contributed by atoms with van der Waals surface area (Å²) in [4.78, 5) is 28.5. The van der Waals surface area contributed by atoms with E-state index in [0.29, 0.717) is 13.1 Å². The fourth-order valence-electron chi connectivity index (χ4n) is 3.33. The second kappa shape index (κ2) is 4.98. The standard InChI is InChI=1S/C18H16N2O2/c21-17(19-11-9-13-5-1-3-7-15(13)19)18(22)20-12-10-14-6-2-4-8-16(14)20/h1-8H,9-12H2. The van der Waals surface area contributed by atoms with Crippen molar-refractivity contribution in [3.63, 3.8) is 0 Å². The number of carbonyl (C=O) groups excluding carboxylic acids is 2. The minimum Gasteiger partial charge on any atom is -0.304 e. The van der Waals surface area contributed by atoms with Crippen molar-refractivity contribution < 1.29 is 9.59 Å². The number of rotatable bonds is 0. The van der Waals surface area contributed by atoms with Crippen LogP contribution >= 0.6 is 0 Å². The zero-order valence-corrected chi connectivity index (χ0v) is 12.2. The molecule has 4 rings (SSSR count). The zero-order chi connectivity index (χ0) is 15.1. The monoisotopic (exact) mass is 292 g/mol. The summed E-state index contributed by atoms with van der Waals surface area (Å²) in [5.74, 6) is -0.858. The number of hydrogen-bond acceptors (Lipinski definition) is 2. The van der Waals surface area contributed by atoms with Crippen LogP contribution in [0.2, 0.25) is 0 Å². The molecule has 2 aliphatic heterocycles. The van der Waals surface area contributed by atoms with Crippen molar-refractivity contribution in [2.45, 2.75) is 12.8 Å². The van der Waals surface area contributed by atoms with E-state index in [0.717, 1.165) is 35.3 Å². The largest absolute Gasteiger partial charge is 0.316 e.